The molecule has 18 heavy (non-hydrogen) atoms. The zero-order valence-electron chi connectivity index (χ0n) is 12.2. The number of nitrogens with two attached hydrogens (primary N) is 1. The van der Waals surface area contributed by atoms with Crippen molar-refractivity contribution >= 4 is 11.8 Å². The van der Waals surface area contributed by atoms with E-state index in [2.05, 4.69) is 0 Å². The van der Waals surface area contributed by atoms with Crippen molar-refractivity contribution in [3.8, 4) is 0 Å². The van der Waals surface area contributed by atoms with Gasteiger partial charge in [0.1, 0.15) is 0 Å². The Balaban J connectivity index is 4.18. The van der Waals surface area contributed by atoms with Gasteiger partial charge in [0.05, 0.1) is 5.60 Å². The molecule has 0 aromatic heterocycles. The number of thioether (sulfide) groups is 1. The summed E-state index contributed by atoms with van der Waals surface area (Å²) in [5.74, 6) is -1.33. The third-order valence-electron chi connectivity index (χ3n) is 3.22. The van der Waals surface area contributed by atoms with Crippen molar-refractivity contribution in [2.24, 2.45) is 11.1 Å². The van der Waals surface area contributed by atoms with Crippen LogP contribution in [0.4, 0.5) is 8.78 Å². The van der Waals surface area contributed by atoms with E-state index in [1.807, 2.05) is 13.8 Å². The van der Waals surface area contributed by atoms with Gasteiger partial charge in [0.2, 0.25) is 0 Å². The maximum Gasteiger partial charge on any atom is 0.252 e. The monoisotopic (exact) mass is 283 g/mol. The molecule has 0 aliphatic carbocycles. The molecule has 0 amide bonds. The quantitative estimate of drug-likeness (QED) is 0.652. The zero-order chi connectivity index (χ0) is 14.4. The van der Waals surface area contributed by atoms with Crippen LogP contribution >= 0.6 is 11.8 Å². The van der Waals surface area contributed by atoms with Crippen LogP contribution in [0, 0.1) is 5.41 Å². The number of halogens is 2. The highest BCUT2D eigenvalue weighted by Crippen LogP contribution is 2.41. The Kier molecular flexibility index (Phi) is 7.11. The van der Waals surface area contributed by atoms with Crippen molar-refractivity contribution in [2.45, 2.75) is 59.0 Å². The van der Waals surface area contributed by atoms with Gasteiger partial charge in [0.15, 0.2) is 0 Å². The van der Waals surface area contributed by atoms with E-state index < -0.39 is 11.3 Å². The zero-order valence-corrected chi connectivity index (χ0v) is 13.0. The lowest BCUT2D eigenvalue weighted by atomic mass is 9.81. The average Bonchev–Trinajstić information content (AvgIpc) is 2.25. The van der Waals surface area contributed by atoms with Crippen LogP contribution in [0.25, 0.3) is 0 Å². The SMILES string of the molecule is CCC(F)(F)C(C)(C)CCOC(C)(C)CSCN. The first kappa shape index (κ1) is 18.1. The second-order valence-corrected chi connectivity index (χ2v) is 6.85. The molecule has 110 valence electrons. The van der Waals surface area contributed by atoms with E-state index in [0.29, 0.717) is 18.9 Å². The molecule has 2 nitrogen and oxygen atoms in total. The summed E-state index contributed by atoms with van der Waals surface area (Å²) >= 11 is 1.59. The van der Waals surface area contributed by atoms with Gasteiger partial charge in [0, 0.05) is 30.1 Å². The highest BCUT2D eigenvalue weighted by atomic mass is 32.2. The normalized spacial score (nSPS) is 14.0. The molecule has 2 N–H and O–H groups in total. The topological polar surface area (TPSA) is 35.2 Å². The van der Waals surface area contributed by atoms with Gasteiger partial charge in [-0.3, -0.25) is 0 Å². The van der Waals surface area contributed by atoms with Crippen LogP contribution in [-0.4, -0.2) is 29.8 Å². The van der Waals surface area contributed by atoms with E-state index in [4.69, 9.17) is 10.5 Å². The lowest BCUT2D eigenvalue weighted by molar-refractivity contribution is -0.125. The molecule has 0 unspecified atom stereocenters. The molecule has 5 heteroatoms. The molecule has 0 saturated heterocycles. The van der Waals surface area contributed by atoms with E-state index in [9.17, 15) is 8.78 Å². The lowest BCUT2D eigenvalue weighted by Crippen LogP contribution is -2.38. The summed E-state index contributed by atoms with van der Waals surface area (Å²) in [5.41, 5.74) is 4.07. The minimum absolute atomic E-state index is 0.133. The summed E-state index contributed by atoms with van der Waals surface area (Å²) < 4.78 is 33.1. The molecular weight excluding hydrogens is 256 g/mol. The van der Waals surface area contributed by atoms with Crippen LogP contribution in [0.2, 0.25) is 0 Å². The summed E-state index contributed by atoms with van der Waals surface area (Å²) in [5, 5.41) is 0. The first-order valence-corrected chi connectivity index (χ1v) is 7.53. The van der Waals surface area contributed by atoms with Crippen molar-refractivity contribution in [1.29, 1.82) is 0 Å². The van der Waals surface area contributed by atoms with Crippen molar-refractivity contribution in [3.63, 3.8) is 0 Å². The summed E-state index contributed by atoms with van der Waals surface area (Å²) in [6.07, 6.45) is 0.219. The summed E-state index contributed by atoms with van der Waals surface area (Å²) in [4.78, 5) is 0. The van der Waals surface area contributed by atoms with Crippen LogP contribution in [0.15, 0.2) is 0 Å². The summed E-state index contributed by atoms with van der Waals surface area (Å²) in [7, 11) is 0. The van der Waals surface area contributed by atoms with Crippen molar-refractivity contribution in [3.05, 3.63) is 0 Å². The van der Waals surface area contributed by atoms with E-state index in [1.54, 1.807) is 25.6 Å². The van der Waals surface area contributed by atoms with E-state index in [-0.39, 0.29) is 12.0 Å². The molecule has 0 spiro atoms. The van der Waals surface area contributed by atoms with Gasteiger partial charge in [0.25, 0.3) is 5.92 Å². The second-order valence-electron chi connectivity index (χ2n) is 5.82. The van der Waals surface area contributed by atoms with Crippen LogP contribution in [0.1, 0.15) is 47.5 Å². The van der Waals surface area contributed by atoms with Crippen molar-refractivity contribution in [2.75, 3.05) is 18.2 Å². The van der Waals surface area contributed by atoms with Gasteiger partial charge in [-0.15, -0.1) is 11.8 Å². The number of ether oxygens (including phenoxy) is 1. The van der Waals surface area contributed by atoms with Gasteiger partial charge in [-0.25, -0.2) is 8.78 Å². The molecule has 0 aromatic carbocycles. The Morgan fingerprint density at radius 1 is 1.17 bits per heavy atom. The molecule has 0 fully saturated rings. The van der Waals surface area contributed by atoms with E-state index >= 15 is 0 Å². The van der Waals surface area contributed by atoms with E-state index in [0.717, 1.165) is 5.75 Å². The third-order valence-corrected chi connectivity index (χ3v) is 4.36. The van der Waals surface area contributed by atoms with Gasteiger partial charge >= 0.3 is 0 Å². The summed E-state index contributed by atoms with van der Waals surface area (Å²) in [6, 6.07) is 0. The fraction of sp³-hybridized carbons (Fsp3) is 1.00. The fourth-order valence-electron chi connectivity index (χ4n) is 1.59. The van der Waals surface area contributed by atoms with Crippen LogP contribution < -0.4 is 5.73 Å². The largest absolute Gasteiger partial charge is 0.375 e. The molecule has 0 atom stereocenters. The van der Waals surface area contributed by atoms with Crippen LogP contribution in [0.5, 0.6) is 0 Å². The molecule has 0 saturated carbocycles. The minimum atomic E-state index is -2.65. The number of hydrogen-bond acceptors (Lipinski definition) is 3. The molecule has 0 aliphatic rings. The maximum atomic E-state index is 13.7. The number of alkyl halides is 2. The van der Waals surface area contributed by atoms with Crippen LogP contribution in [-0.2, 0) is 4.74 Å². The third kappa shape index (κ3) is 5.85. The highest BCUT2D eigenvalue weighted by Gasteiger charge is 2.44. The first-order valence-electron chi connectivity index (χ1n) is 6.37. The molecule has 0 radical (unpaired) electrons. The summed E-state index contributed by atoms with van der Waals surface area (Å²) in [6.45, 7) is 8.98. The number of hydrogen-bond donors (Lipinski definition) is 1. The Morgan fingerprint density at radius 2 is 1.72 bits per heavy atom. The number of rotatable bonds is 9. The minimum Gasteiger partial charge on any atom is -0.375 e. The average molecular weight is 283 g/mol. The second kappa shape index (κ2) is 7.06. The molecular formula is C13H27F2NOS. The molecule has 0 rings (SSSR count). The predicted molar refractivity (Wildman–Crippen MR) is 75.2 cm³/mol. The fourth-order valence-corrected chi connectivity index (χ4v) is 2.28. The van der Waals surface area contributed by atoms with Crippen molar-refractivity contribution < 1.29 is 13.5 Å². The van der Waals surface area contributed by atoms with Gasteiger partial charge in [-0.1, -0.05) is 20.8 Å². The Bertz CT molecular complexity index is 245. The standard InChI is InChI=1S/C13H27F2NOS/c1-6-13(14,15)11(2,3)7-8-17-12(4,5)9-18-10-16/h6-10,16H2,1-5H3. The Morgan fingerprint density at radius 3 is 2.17 bits per heavy atom. The Hall–Kier alpha value is 0.130. The smallest absolute Gasteiger partial charge is 0.252 e. The van der Waals surface area contributed by atoms with Gasteiger partial charge < -0.3 is 10.5 Å². The predicted octanol–water partition coefficient (Wildman–Crippen LogP) is 3.89. The van der Waals surface area contributed by atoms with Gasteiger partial charge in [-0.2, -0.15) is 0 Å². The lowest BCUT2D eigenvalue weighted by Gasteiger charge is -2.34. The molecule has 0 aliphatic heterocycles. The molecule has 0 bridgehead atoms. The highest BCUT2D eigenvalue weighted by molar-refractivity contribution is 7.99. The van der Waals surface area contributed by atoms with Crippen LogP contribution in [0.3, 0.4) is 0 Å². The maximum absolute atomic E-state index is 13.7. The van der Waals surface area contributed by atoms with E-state index in [1.165, 1.54) is 6.92 Å². The first-order chi connectivity index (χ1) is 8.08. The Labute approximate surface area is 114 Å². The van der Waals surface area contributed by atoms with Crippen molar-refractivity contribution in [1.82, 2.24) is 0 Å². The molecule has 0 aromatic rings. The van der Waals surface area contributed by atoms with Gasteiger partial charge in [-0.05, 0) is 20.3 Å². The molecule has 0 heterocycles.